The molecule has 0 amide bonds. The first-order valence-corrected chi connectivity index (χ1v) is 10.0. The van der Waals surface area contributed by atoms with Crippen molar-refractivity contribution >= 4 is 17.4 Å². The molecule has 154 valence electrons. The van der Waals surface area contributed by atoms with E-state index in [0.717, 1.165) is 5.69 Å². The first-order chi connectivity index (χ1) is 13.9. The summed E-state index contributed by atoms with van der Waals surface area (Å²) in [5.74, 6) is 1.06. The van der Waals surface area contributed by atoms with Gasteiger partial charge in [0.2, 0.25) is 5.06 Å². The number of nitrogens with one attached hydrogen (secondary N) is 1. The zero-order chi connectivity index (χ0) is 20.9. The van der Waals surface area contributed by atoms with E-state index in [2.05, 4.69) is 4.98 Å². The van der Waals surface area contributed by atoms with Crippen LogP contribution in [-0.4, -0.2) is 27.0 Å². The van der Waals surface area contributed by atoms with Crippen molar-refractivity contribution in [3.8, 4) is 5.75 Å². The lowest BCUT2D eigenvalue weighted by atomic mass is 9.93. The van der Waals surface area contributed by atoms with Crippen molar-refractivity contribution in [2.45, 2.75) is 44.0 Å². The Morgan fingerprint density at radius 1 is 1.28 bits per heavy atom. The lowest BCUT2D eigenvalue weighted by Crippen LogP contribution is -2.31. The fraction of sp³-hybridized carbons (Fsp3) is 0.348. The number of Topliss-reactive ketones (excluding diaryl/α,β-unsaturated/α-hetero) is 1. The second-order valence-corrected chi connectivity index (χ2v) is 8.02. The molecule has 6 heteroatoms. The van der Waals surface area contributed by atoms with Crippen molar-refractivity contribution in [3.05, 3.63) is 78.3 Å². The number of benzene rings is 1. The summed E-state index contributed by atoms with van der Waals surface area (Å²) in [5.41, 5.74) is 0.741. The van der Waals surface area contributed by atoms with Crippen molar-refractivity contribution in [1.29, 1.82) is 0 Å². The van der Waals surface area contributed by atoms with Crippen LogP contribution >= 0.6 is 11.6 Å². The number of aromatic amines is 1. The molecule has 0 saturated carbocycles. The highest BCUT2D eigenvalue weighted by Crippen LogP contribution is 2.34. The van der Waals surface area contributed by atoms with Crippen LogP contribution in [0.4, 0.5) is 0 Å². The highest BCUT2D eigenvalue weighted by Gasteiger charge is 2.32. The number of hydrogen-bond acceptors (Lipinski definition) is 4. The van der Waals surface area contributed by atoms with E-state index in [0.29, 0.717) is 17.9 Å². The van der Waals surface area contributed by atoms with Crippen LogP contribution in [0.2, 0.25) is 0 Å². The summed E-state index contributed by atoms with van der Waals surface area (Å²) in [4.78, 5) is 14.6. The van der Waals surface area contributed by atoms with Gasteiger partial charge >= 0.3 is 0 Å². The molecule has 1 heterocycles. The van der Waals surface area contributed by atoms with Gasteiger partial charge in [0.1, 0.15) is 17.3 Å². The van der Waals surface area contributed by atoms with Crippen LogP contribution in [0.1, 0.15) is 38.5 Å². The van der Waals surface area contributed by atoms with Gasteiger partial charge in [-0.3, -0.25) is 0 Å². The van der Waals surface area contributed by atoms with Crippen molar-refractivity contribution < 1.29 is 19.4 Å². The van der Waals surface area contributed by atoms with Crippen LogP contribution in [0.5, 0.6) is 5.75 Å². The molecule has 29 heavy (non-hydrogen) atoms. The monoisotopic (exact) mass is 415 g/mol. The molecule has 4 atom stereocenters. The molecule has 3 rings (SSSR count). The maximum absolute atomic E-state index is 11.5. The van der Waals surface area contributed by atoms with Gasteiger partial charge < -0.3 is 24.4 Å². The maximum Gasteiger partial charge on any atom is 0.205 e. The number of carbonyl (C=O) groups is 1. The minimum atomic E-state index is -0.989. The molecule has 0 aliphatic heterocycles. The average molecular weight is 416 g/mol. The summed E-state index contributed by atoms with van der Waals surface area (Å²) >= 11 is 6.58. The maximum atomic E-state index is 11.5. The van der Waals surface area contributed by atoms with Gasteiger partial charge in [-0.05, 0) is 55.3 Å². The van der Waals surface area contributed by atoms with E-state index in [1.807, 2.05) is 55.5 Å². The Morgan fingerprint density at radius 3 is 2.62 bits per heavy atom. The standard InChI is InChI=1S/C23H26ClNO4/c1-16(15-17(2)26)21(27)22(20-9-6-14-25-20)28-18-10-12-23(24,13-11-18)29-19-7-4-3-5-8-19/h3-12,14,16,21-22,25,27H,13,15H2,1-2H3. The minimum Gasteiger partial charge on any atom is -0.482 e. The second kappa shape index (κ2) is 9.33. The fourth-order valence-electron chi connectivity index (χ4n) is 3.29. The molecule has 1 aromatic carbocycles. The van der Waals surface area contributed by atoms with E-state index in [1.54, 1.807) is 18.3 Å². The van der Waals surface area contributed by atoms with E-state index < -0.39 is 17.3 Å². The normalized spacial score (nSPS) is 21.7. The van der Waals surface area contributed by atoms with Gasteiger partial charge in [0.15, 0.2) is 6.10 Å². The molecular formula is C23H26ClNO4. The number of hydrogen-bond donors (Lipinski definition) is 2. The Balaban J connectivity index is 1.70. The number of para-hydroxylation sites is 1. The molecule has 4 unspecified atom stereocenters. The minimum absolute atomic E-state index is 0.0311. The molecule has 1 aromatic heterocycles. The predicted molar refractivity (Wildman–Crippen MR) is 113 cm³/mol. The molecule has 0 fully saturated rings. The number of H-pyrrole nitrogens is 1. The number of rotatable bonds is 9. The van der Waals surface area contributed by atoms with E-state index in [1.165, 1.54) is 6.92 Å². The van der Waals surface area contributed by atoms with E-state index in [-0.39, 0.29) is 18.1 Å². The highest BCUT2D eigenvalue weighted by atomic mass is 35.5. The Morgan fingerprint density at radius 2 is 2.03 bits per heavy atom. The third-order valence-electron chi connectivity index (χ3n) is 4.80. The molecule has 1 aliphatic carbocycles. The molecule has 1 aliphatic rings. The fourth-order valence-corrected chi connectivity index (χ4v) is 3.52. The van der Waals surface area contributed by atoms with E-state index >= 15 is 0 Å². The van der Waals surface area contributed by atoms with E-state index in [4.69, 9.17) is 21.1 Å². The molecule has 0 bridgehead atoms. The quantitative estimate of drug-likeness (QED) is 0.571. The van der Waals surface area contributed by atoms with E-state index in [9.17, 15) is 9.90 Å². The topological polar surface area (TPSA) is 71.6 Å². The zero-order valence-electron chi connectivity index (χ0n) is 16.5. The molecule has 2 N–H and O–H groups in total. The number of aliphatic hydroxyl groups excluding tert-OH is 1. The van der Waals surface area contributed by atoms with Crippen LogP contribution in [0.3, 0.4) is 0 Å². The number of ketones is 1. The smallest absolute Gasteiger partial charge is 0.205 e. The summed E-state index contributed by atoms with van der Waals surface area (Å²) in [6, 6.07) is 13.1. The number of carbonyl (C=O) groups excluding carboxylic acids is 1. The molecule has 5 nitrogen and oxygen atoms in total. The Bertz CT molecular complexity index is 862. The van der Waals surface area contributed by atoms with Gasteiger partial charge in [-0.25, -0.2) is 0 Å². The number of alkyl halides is 1. The molecule has 0 radical (unpaired) electrons. The summed E-state index contributed by atoms with van der Waals surface area (Å²) in [6.07, 6.45) is 6.32. The van der Waals surface area contributed by atoms with Gasteiger partial charge in [-0.1, -0.05) is 36.7 Å². The van der Waals surface area contributed by atoms with Gasteiger partial charge in [0.05, 0.1) is 11.8 Å². The molecule has 0 spiro atoms. The first-order valence-electron chi connectivity index (χ1n) is 9.66. The van der Waals surface area contributed by atoms with Gasteiger partial charge in [0.25, 0.3) is 0 Å². The summed E-state index contributed by atoms with van der Waals surface area (Å²) in [5, 5.41) is 9.84. The SMILES string of the molecule is CC(=O)CC(C)C(O)C(OC1=CCC(Cl)(Oc2ccccc2)C=C1)c1ccc[nH]1. The van der Waals surface area contributed by atoms with Crippen molar-refractivity contribution in [1.82, 2.24) is 4.98 Å². The number of halogens is 1. The second-order valence-electron chi connectivity index (χ2n) is 7.38. The average Bonchev–Trinajstić information content (AvgIpc) is 3.21. The van der Waals surface area contributed by atoms with Gasteiger partial charge in [-0.15, -0.1) is 0 Å². The largest absolute Gasteiger partial charge is 0.482 e. The highest BCUT2D eigenvalue weighted by molar-refractivity contribution is 6.24. The molecule has 2 aromatic rings. The van der Waals surface area contributed by atoms with Crippen LogP contribution < -0.4 is 4.74 Å². The number of allylic oxidation sites excluding steroid dienone is 1. The van der Waals surface area contributed by atoms with Gasteiger partial charge in [0, 0.05) is 19.0 Å². The van der Waals surface area contributed by atoms with Crippen molar-refractivity contribution in [3.63, 3.8) is 0 Å². The van der Waals surface area contributed by atoms with Crippen LogP contribution in [-0.2, 0) is 9.53 Å². The predicted octanol–water partition coefficient (Wildman–Crippen LogP) is 4.91. The first kappa shape index (κ1) is 21.2. The molecule has 0 saturated heterocycles. The lowest BCUT2D eigenvalue weighted by Gasteiger charge is -2.30. The van der Waals surface area contributed by atoms with Crippen molar-refractivity contribution in [2.24, 2.45) is 5.92 Å². The van der Waals surface area contributed by atoms with Crippen molar-refractivity contribution in [2.75, 3.05) is 0 Å². The summed E-state index contributed by atoms with van der Waals surface area (Å²) in [7, 11) is 0. The number of aliphatic hydroxyl groups is 1. The Kier molecular flexibility index (Phi) is 6.83. The summed E-state index contributed by atoms with van der Waals surface area (Å²) in [6.45, 7) is 3.36. The number of aromatic nitrogens is 1. The van der Waals surface area contributed by atoms with Crippen LogP contribution in [0, 0.1) is 5.92 Å². The Labute approximate surface area is 176 Å². The van der Waals surface area contributed by atoms with Crippen LogP contribution in [0.25, 0.3) is 0 Å². The third kappa shape index (κ3) is 5.75. The Hall–Kier alpha value is -2.50. The number of ether oxygens (including phenoxy) is 2. The van der Waals surface area contributed by atoms with Gasteiger partial charge in [-0.2, -0.15) is 0 Å². The summed E-state index contributed by atoms with van der Waals surface area (Å²) < 4.78 is 12.0. The van der Waals surface area contributed by atoms with Crippen LogP contribution in [0.15, 0.2) is 72.6 Å². The zero-order valence-corrected chi connectivity index (χ0v) is 17.3. The third-order valence-corrected chi connectivity index (χ3v) is 5.16. The lowest BCUT2D eigenvalue weighted by molar-refractivity contribution is -0.119. The molecular weight excluding hydrogens is 390 g/mol.